The van der Waals surface area contributed by atoms with Crippen molar-refractivity contribution in [2.45, 2.75) is 38.1 Å². The summed E-state index contributed by atoms with van der Waals surface area (Å²) in [4.78, 5) is 20.5. The largest absolute Gasteiger partial charge is 0.481 e. The molecule has 0 amide bonds. The Bertz CT molecular complexity index is 522. The van der Waals surface area contributed by atoms with Gasteiger partial charge in [-0.15, -0.1) is 0 Å². The second-order valence-corrected chi connectivity index (χ2v) is 6.95. The number of aromatic nitrogens is 2. The van der Waals surface area contributed by atoms with Crippen LogP contribution in [0.5, 0.6) is 0 Å². The van der Waals surface area contributed by atoms with Gasteiger partial charge in [0.05, 0.1) is 5.92 Å². The predicted molar refractivity (Wildman–Crippen MR) is 88.3 cm³/mol. The molecule has 1 N–H and O–H groups in total. The molecule has 0 aliphatic carbocycles. The number of nitrogens with zero attached hydrogens (tertiary/aromatic N) is 4. The molecule has 23 heavy (non-hydrogen) atoms. The van der Waals surface area contributed by atoms with Gasteiger partial charge in [0, 0.05) is 45.0 Å². The van der Waals surface area contributed by atoms with E-state index in [1.54, 1.807) is 0 Å². The number of hydrogen-bond donors (Lipinski definition) is 1. The molecule has 2 saturated heterocycles. The van der Waals surface area contributed by atoms with E-state index in [-0.39, 0.29) is 5.92 Å². The maximum atomic E-state index is 11.2. The third kappa shape index (κ3) is 4.12. The Morgan fingerprint density at radius 2 is 2.09 bits per heavy atom. The number of rotatable bonds is 5. The van der Waals surface area contributed by atoms with Gasteiger partial charge in [0.2, 0.25) is 0 Å². The smallest absolute Gasteiger partial charge is 0.307 e. The number of piperidine rings is 2. The van der Waals surface area contributed by atoms with Gasteiger partial charge in [-0.1, -0.05) is 0 Å². The lowest BCUT2D eigenvalue weighted by molar-refractivity contribution is -0.144. The fourth-order valence-corrected chi connectivity index (χ4v) is 3.94. The van der Waals surface area contributed by atoms with Crippen LogP contribution >= 0.6 is 0 Å². The molecule has 0 spiro atoms. The molecule has 2 fully saturated rings. The molecule has 1 aromatic heterocycles. The van der Waals surface area contributed by atoms with Crippen LogP contribution in [0.1, 0.15) is 31.5 Å². The van der Waals surface area contributed by atoms with Gasteiger partial charge in [-0.2, -0.15) is 0 Å². The second-order valence-electron chi connectivity index (χ2n) is 6.95. The molecule has 0 radical (unpaired) electrons. The van der Waals surface area contributed by atoms with E-state index in [0.717, 1.165) is 70.7 Å². The van der Waals surface area contributed by atoms with Crippen LogP contribution < -0.4 is 0 Å². The first kappa shape index (κ1) is 16.5. The minimum absolute atomic E-state index is 0.162. The first-order valence-corrected chi connectivity index (χ1v) is 8.79. The predicted octanol–water partition coefficient (Wildman–Crippen LogP) is 1.22. The number of hydrogen-bond acceptors (Lipinski definition) is 4. The first-order valence-electron chi connectivity index (χ1n) is 8.79. The molecule has 1 aromatic rings. The number of aryl methyl sites for hydroxylation is 1. The van der Waals surface area contributed by atoms with E-state index in [0.29, 0.717) is 6.04 Å². The molecule has 2 aliphatic rings. The van der Waals surface area contributed by atoms with Crippen LogP contribution in [0.15, 0.2) is 12.4 Å². The molecule has 3 rings (SSSR count). The normalized spacial score (nSPS) is 24.8. The molecule has 3 heterocycles. The topological polar surface area (TPSA) is 61.6 Å². The third-order valence-electron chi connectivity index (χ3n) is 5.45. The van der Waals surface area contributed by atoms with E-state index in [9.17, 15) is 9.90 Å². The molecule has 1 atom stereocenters. The van der Waals surface area contributed by atoms with Crippen LogP contribution in [0, 0.1) is 5.92 Å². The number of carbonyl (C=O) groups is 1. The van der Waals surface area contributed by atoms with Gasteiger partial charge in [0.1, 0.15) is 5.82 Å². The van der Waals surface area contributed by atoms with Gasteiger partial charge in [-0.05, 0) is 45.3 Å². The highest BCUT2D eigenvalue weighted by Crippen LogP contribution is 2.24. The lowest BCUT2D eigenvalue weighted by Gasteiger charge is -2.41. The summed E-state index contributed by atoms with van der Waals surface area (Å²) in [5.41, 5.74) is 0. The summed E-state index contributed by atoms with van der Waals surface area (Å²) in [5, 5.41) is 9.24. The lowest BCUT2D eigenvalue weighted by atomic mass is 9.94. The van der Waals surface area contributed by atoms with E-state index in [1.165, 1.54) is 0 Å². The van der Waals surface area contributed by atoms with Crippen molar-refractivity contribution in [3.63, 3.8) is 0 Å². The van der Waals surface area contributed by atoms with Crippen LogP contribution in [0.3, 0.4) is 0 Å². The summed E-state index contributed by atoms with van der Waals surface area (Å²) in [6.45, 7) is 5.11. The van der Waals surface area contributed by atoms with Crippen molar-refractivity contribution >= 4 is 5.97 Å². The van der Waals surface area contributed by atoms with Crippen molar-refractivity contribution < 1.29 is 9.90 Å². The number of aliphatic carboxylic acids is 1. The van der Waals surface area contributed by atoms with E-state index < -0.39 is 5.97 Å². The van der Waals surface area contributed by atoms with Gasteiger partial charge in [-0.25, -0.2) is 4.98 Å². The Morgan fingerprint density at radius 3 is 2.74 bits per heavy atom. The molecule has 6 nitrogen and oxygen atoms in total. The monoisotopic (exact) mass is 320 g/mol. The molecule has 0 bridgehead atoms. The Labute approximate surface area is 138 Å². The fraction of sp³-hybridized carbons (Fsp3) is 0.765. The SMILES string of the molecule is Cn1ccnc1CCN1CCC(N2CCC[C@@H](C(=O)O)C2)CC1. The van der Waals surface area contributed by atoms with Crippen LogP contribution in [-0.4, -0.2) is 69.2 Å². The summed E-state index contributed by atoms with van der Waals surface area (Å²) in [6, 6.07) is 0.571. The van der Waals surface area contributed by atoms with Crippen LogP contribution in [0.2, 0.25) is 0 Å². The number of likely N-dealkylation sites (tertiary alicyclic amines) is 2. The Hall–Kier alpha value is -1.40. The van der Waals surface area contributed by atoms with Crippen molar-refractivity contribution in [2.24, 2.45) is 13.0 Å². The second kappa shape index (κ2) is 7.45. The van der Waals surface area contributed by atoms with E-state index in [1.807, 2.05) is 19.4 Å². The Morgan fingerprint density at radius 1 is 1.30 bits per heavy atom. The van der Waals surface area contributed by atoms with Crippen molar-refractivity contribution in [2.75, 3.05) is 32.7 Å². The van der Waals surface area contributed by atoms with E-state index >= 15 is 0 Å². The highest BCUT2D eigenvalue weighted by atomic mass is 16.4. The highest BCUT2D eigenvalue weighted by Gasteiger charge is 2.31. The zero-order chi connectivity index (χ0) is 16.2. The highest BCUT2D eigenvalue weighted by molar-refractivity contribution is 5.70. The van der Waals surface area contributed by atoms with Crippen LogP contribution in [0.4, 0.5) is 0 Å². The molecular formula is C17H28N4O2. The lowest BCUT2D eigenvalue weighted by Crippen LogP contribution is -2.49. The summed E-state index contributed by atoms with van der Waals surface area (Å²) < 4.78 is 2.09. The van der Waals surface area contributed by atoms with Gasteiger partial charge in [-0.3, -0.25) is 9.69 Å². The van der Waals surface area contributed by atoms with Gasteiger partial charge < -0.3 is 14.6 Å². The molecular weight excluding hydrogens is 292 g/mol. The Kier molecular flexibility index (Phi) is 5.33. The van der Waals surface area contributed by atoms with Gasteiger partial charge in [0.15, 0.2) is 0 Å². The number of imidazole rings is 1. The maximum Gasteiger partial charge on any atom is 0.307 e. The minimum Gasteiger partial charge on any atom is -0.481 e. The zero-order valence-electron chi connectivity index (χ0n) is 14.0. The molecule has 0 saturated carbocycles. The average Bonchev–Trinajstić information content (AvgIpc) is 2.98. The first-order chi connectivity index (χ1) is 11.1. The summed E-state index contributed by atoms with van der Waals surface area (Å²) in [6.07, 6.45) is 9.04. The standard InChI is InChI=1S/C17H28N4O2/c1-19-12-7-18-16(19)6-11-20-9-4-15(5-10-20)21-8-2-3-14(13-21)17(22)23/h7,12,14-15H,2-6,8-11,13H2,1H3,(H,22,23)/t14-/m1/s1. The van der Waals surface area contributed by atoms with E-state index in [2.05, 4.69) is 19.4 Å². The molecule has 0 aromatic carbocycles. The van der Waals surface area contributed by atoms with Gasteiger partial charge >= 0.3 is 5.97 Å². The summed E-state index contributed by atoms with van der Waals surface area (Å²) in [7, 11) is 2.05. The maximum absolute atomic E-state index is 11.2. The average molecular weight is 320 g/mol. The van der Waals surface area contributed by atoms with Crippen molar-refractivity contribution in [3.8, 4) is 0 Å². The van der Waals surface area contributed by atoms with E-state index in [4.69, 9.17) is 0 Å². The molecule has 6 heteroatoms. The molecule has 128 valence electrons. The van der Waals surface area contributed by atoms with Crippen LogP contribution in [0.25, 0.3) is 0 Å². The van der Waals surface area contributed by atoms with Crippen molar-refractivity contribution in [3.05, 3.63) is 18.2 Å². The molecule has 0 unspecified atom stereocenters. The minimum atomic E-state index is -0.623. The number of carboxylic acids is 1. The third-order valence-corrected chi connectivity index (χ3v) is 5.45. The summed E-state index contributed by atoms with van der Waals surface area (Å²) in [5.74, 6) is 0.361. The van der Waals surface area contributed by atoms with Crippen LogP contribution in [-0.2, 0) is 18.3 Å². The van der Waals surface area contributed by atoms with Crippen molar-refractivity contribution in [1.29, 1.82) is 0 Å². The Balaban J connectivity index is 1.43. The zero-order valence-corrected chi connectivity index (χ0v) is 14.0. The summed E-state index contributed by atoms with van der Waals surface area (Å²) >= 11 is 0. The molecule has 2 aliphatic heterocycles. The number of carboxylic acid groups (broad SMARTS) is 1. The fourth-order valence-electron chi connectivity index (χ4n) is 3.94. The van der Waals surface area contributed by atoms with Crippen molar-refractivity contribution in [1.82, 2.24) is 19.4 Å². The van der Waals surface area contributed by atoms with Gasteiger partial charge in [0.25, 0.3) is 0 Å². The quantitative estimate of drug-likeness (QED) is 0.884.